The number of rotatable bonds is 3. The summed E-state index contributed by atoms with van der Waals surface area (Å²) in [6.45, 7) is 0. The molecule has 1 N–H and O–H groups in total. The lowest BCUT2D eigenvalue weighted by atomic mass is 9.79. The van der Waals surface area contributed by atoms with E-state index in [-0.39, 0.29) is 0 Å². The Bertz CT molecular complexity index is 604. The molecule has 1 atom stereocenters. The normalized spacial score (nSPS) is 18.4. The summed E-state index contributed by atoms with van der Waals surface area (Å²) in [7, 11) is 2.03. The van der Waals surface area contributed by atoms with Gasteiger partial charge in [0, 0.05) is 18.9 Å². The molecule has 0 amide bonds. The number of benzene rings is 2. The fourth-order valence-corrected chi connectivity index (χ4v) is 3.46. The molecule has 0 aliphatic heterocycles. The molecule has 0 saturated heterocycles. The van der Waals surface area contributed by atoms with Gasteiger partial charge < -0.3 is 5.32 Å². The molecule has 2 heteroatoms. The summed E-state index contributed by atoms with van der Waals surface area (Å²) in [6, 6.07) is 15.4. The van der Waals surface area contributed by atoms with Crippen LogP contribution in [0.2, 0.25) is 0 Å². The highest BCUT2D eigenvalue weighted by Gasteiger charge is 2.27. The lowest BCUT2D eigenvalue weighted by Gasteiger charge is -2.30. The van der Waals surface area contributed by atoms with E-state index < -0.39 is 0 Å². The first-order valence-electron chi connectivity index (χ1n) is 7.46. The molecule has 2 aromatic carbocycles. The molecule has 1 aliphatic rings. The van der Waals surface area contributed by atoms with Gasteiger partial charge in [-0.1, -0.05) is 42.5 Å². The highest BCUT2D eigenvalue weighted by atomic mass is 16.1. The smallest absolute Gasteiger partial charge is 0.132 e. The van der Waals surface area contributed by atoms with Crippen LogP contribution in [0.1, 0.15) is 37.3 Å². The number of nitrogens with one attached hydrogen (secondary N) is 1. The number of carbonyl (C=O) groups is 1. The fraction of sp³-hybridized carbons (Fsp3) is 0.389. The van der Waals surface area contributed by atoms with Crippen molar-refractivity contribution in [2.24, 2.45) is 5.92 Å². The van der Waals surface area contributed by atoms with Crippen LogP contribution in [0.3, 0.4) is 0 Å². The van der Waals surface area contributed by atoms with Crippen molar-refractivity contribution in [2.45, 2.75) is 31.7 Å². The Labute approximate surface area is 120 Å². The Kier molecular flexibility index (Phi) is 3.83. The summed E-state index contributed by atoms with van der Waals surface area (Å²) in [5.41, 5.74) is 1.37. The third kappa shape index (κ3) is 2.48. The van der Waals surface area contributed by atoms with Gasteiger partial charge in [0.05, 0.1) is 0 Å². The third-order valence-corrected chi connectivity index (χ3v) is 4.53. The monoisotopic (exact) mass is 267 g/mol. The van der Waals surface area contributed by atoms with Crippen LogP contribution in [-0.2, 0) is 4.79 Å². The van der Waals surface area contributed by atoms with E-state index in [9.17, 15) is 4.79 Å². The number of ketones is 1. The lowest BCUT2D eigenvalue weighted by molar-refractivity contribution is -0.121. The van der Waals surface area contributed by atoms with E-state index in [2.05, 4.69) is 47.8 Å². The van der Waals surface area contributed by atoms with Gasteiger partial charge >= 0.3 is 0 Å². The Morgan fingerprint density at radius 2 is 1.75 bits per heavy atom. The van der Waals surface area contributed by atoms with Crippen molar-refractivity contribution in [2.75, 3.05) is 7.05 Å². The molecule has 1 fully saturated rings. The second-order valence-corrected chi connectivity index (χ2v) is 5.71. The maximum Gasteiger partial charge on any atom is 0.132 e. The molecule has 104 valence electrons. The Hall–Kier alpha value is -1.67. The number of hydrogen-bond acceptors (Lipinski definition) is 2. The second kappa shape index (κ2) is 5.76. The van der Waals surface area contributed by atoms with Crippen molar-refractivity contribution in [3.8, 4) is 0 Å². The average Bonchev–Trinajstić information content (AvgIpc) is 2.50. The predicted molar refractivity (Wildman–Crippen MR) is 82.7 cm³/mol. The van der Waals surface area contributed by atoms with Crippen LogP contribution in [0, 0.1) is 5.92 Å². The van der Waals surface area contributed by atoms with Gasteiger partial charge in [0.15, 0.2) is 0 Å². The number of hydrogen-bond donors (Lipinski definition) is 1. The largest absolute Gasteiger partial charge is 0.313 e. The van der Waals surface area contributed by atoms with Gasteiger partial charge in [-0.3, -0.25) is 4.79 Å². The van der Waals surface area contributed by atoms with Crippen LogP contribution in [0.15, 0.2) is 42.5 Å². The SMILES string of the molecule is CNC(c1cccc2ccccc12)C1CCC(=O)CC1. The number of fused-ring (bicyclic) bond motifs is 1. The Morgan fingerprint density at radius 3 is 2.50 bits per heavy atom. The van der Waals surface area contributed by atoms with Gasteiger partial charge in [0.2, 0.25) is 0 Å². The zero-order chi connectivity index (χ0) is 13.9. The van der Waals surface area contributed by atoms with E-state index >= 15 is 0 Å². The van der Waals surface area contributed by atoms with Crippen LogP contribution in [0.5, 0.6) is 0 Å². The van der Waals surface area contributed by atoms with Crippen molar-refractivity contribution in [1.82, 2.24) is 5.32 Å². The number of Topliss-reactive ketones (excluding diaryl/α,β-unsaturated/α-hetero) is 1. The second-order valence-electron chi connectivity index (χ2n) is 5.71. The summed E-state index contributed by atoms with van der Waals surface area (Å²) in [5, 5.41) is 6.10. The van der Waals surface area contributed by atoms with Crippen LogP contribution >= 0.6 is 0 Å². The van der Waals surface area contributed by atoms with E-state index in [4.69, 9.17) is 0 Å². The minimum Gasteiger partial charge on any atom is -0.313 e. The highest BCUT2D eigenvalue weighted by molar-refractivity contribution is 5.86. The maximum atomic E-state index is 11.4. The Morgan fingerprint density at radius 1 is 1.05 bits per heavy atom. The van der Waals surface area contributed by atoms with Gasteiger partial charge in [-0.2, -0.15) is 0 Å². The molecule has 0 bridgehead atoms. The van der Waals surface area contributed by atoms with Crippen LogP contribution in [-0.4, -0.2) is 12.8 Å². The van der Waals surface area contributed by atoms with E-state index in [0.717, 1.165) is 25.7 Å². The van der Waals surface area contributed by atoms with Gasteiger partial charge in [-0.05, 0) is 42.1 Å². The summed E-state index contributed by atoms with van der Waals surface area (Å²) < 4.78 is 0. The molecule has 0 radical (unpaired) electrons. The van der Waals surface area contributed by atoms with E-state index in [0.29, 0.717) is 17.7 Å². The molecule has 1 saturated carbocycles. The zero-order valence-electron chi connectivity index (χ0n) is 11.9. The van der Waals surface area contributed by atoms with Crippen molar-refractivity contribution in [1.29, 1.82) is 0 Å². The van der Waals surface area contributed by atoms with Crippen LogP contribution in [0.25, 0.3) is 10.8 Å². The summed E-state index contributed by atoms with van der Waals surface area (Å²) in [5.74, 6) is 0.984. The lowest BCUT2D eigenvalue weighted by Crippen LogP contribution is -2.29. The van der Waals surface area contributed by atoms with Crippen LogP contribution in [0.4, 0.5) is 0 Å². The Balaban J connectivity index is 1.97. The van der Waals surface area contributed by atoms with E-state index in [1.165, 1.54) is 16.3 Å². The number of carbonyl (C=O) groups excluding carboxylic acids is 1. The van der Waals surface area contributed by atoms with Gasteiger partial charge in [0.1, 0.15) is 5.78 Å². The maximum absolute atomic E-state index is 11.4. The molecule has 0 heterocycles. The van der Waals surface area contributed by atoms with Gasteiger partial charge in [-0.25, -0.2) is 0 Å². The van der Waals surface area contributed by atoms with Crippen molar-refractivity contribution in [3.63, 3.8) is 0 Å². The quantitative estimate of drug-likeness (QED) is 0.915. The molecule has 1 unspecified atom stereocenters. The van der Waals surface area contributed by atoms with E-state index in [1.807, 2.05) is 7.05 Å². The van der Waals surface area contributed by atoms with Crippen molar-refractivity contribution in [3.05, 3.63) is 48.0 Å². The fourth-order valence-electron chi connectivity index (χ4n) is 3.46. The molecule has 20 heavy (non-hydrogen) atoms. The third-order valence-electron chi connectivity index (χ3n) is 4.53. The topological polar surface area (TPSA) is 29.1 Å². The average molecular weight is 267 g/mol. The minimum absolute atomic E-state index is 0.342. The molecule has 0 aromatic heterocycles. The molecule has 3 rings (SSSR count). The first-order valence-corrected chi connectivity index (χ1v) is 7.46. The molecule has 2 aromatic rings. The molecular formula is C18H21NO. The molecular weight excluding hydrogens is 246 g/mol. The standard InChI is InChI=1S/C18H21NO/c1-19-18(14-9-11-15(20)12-10-14)17-8-4-6-13-5-2-3-7-16(13)17/h2-8,14,18-19H,9-12H2,1H3. The van der Waals surface area contributed by atoms with E-state index in [1.54, 1.807) is 0 Å². The first kappa shape index (κ1) is 13.3. The summed E-state index contributed by atoms with van der Waals surface area (Å²) in [6.07, 6.45) is 3.50. The molecule has 2 nitrogen and oxygen atoms in total. The predicted octanol–water partition coefficient (Wildman–Crippen LogP) is 3.86. The van der Waals surface area contributed by atoms with Crippen molar-refractivity contribution < 1.29 is 4.79 Å². The minimum atomic E-state index is 0.342. The highest BCUT2D eigenvalue weighted by Crippen LogP contribution is 2.35. The summed E-state index contributed by atoms with van der Waals surface area (Å²) in [4.78, 5) is 11.4. The molecule has 0 spiro atoms. The van der Waals surface area contributed by atoms with Crippen LogP contribution < -0.4 is 5.32 Å². The van der Waals surface area contributed by atoms with Gasteiger partial charge in [-0.15, -0.1) is 0 Å². The van der Waals surface area contributed by atoms with Crippen molar-refractivity contribution >= 4 is 16.6 Å². The summed E-state index contributed by atoms with van der Waals surface area (Å²) >= 11 is 0. The zero-order valence-corrected chi connectivity index (χ0v) is 11.9. The molecule has 1 aliphatic carbocycles. The van der Waals surface area contributed by atoms with Gasteiger partial charge in [0.25, 0.3) is 0 Å². The first-order chi connectivity index (χ1) is 9.79.